The lowest BCUT2D eigenvalue weighted by Gasteiger charge is -2.16. The Morgan fingerprint density at radius 3 is 2.30 bits per heavy atom. The molecule has 27 heavy (non-hydrogen) atoms. The number of thioether (sulfide) groups is 1. The summed E-state index contributed by atoms with van der Waals surface area (Å²) in [5, 5.41) is 9.69. The zero-order valence-electron chi connectivity index (χ0n) is 15.4. The minimum Gasteiger partial charge on any atom is -0.396 e. The predicted molar refractivity (Wildman–Crippen MR) is 111 cm³/mol. The van der Waals surface area contributed by atoms with E-state index in [1.807, 2.05) is 39.0 Å². The van der Waals surface area contributed by atoms with E-state index in [9.17, 15) is 14.7 Å². The number of rotatable bonds is 5. The molecular weight excluding hydrogens is 382 g/mol. The van der Waals surface area contributed by atoms with Crippen molar-refractivity contribution in [3.8, 4) is 0 Å². The van der Waals surface area contributed by atoms with Gasteiger partial charge in [0.1, 0.15) is 0 Å². The van der Waals surface area contributed by atoms with E-state index in [-0.39, 0.29) is 18.4 Å². The second-order valence-electron chi connectivity index (χ2n) is 6.45. The fourth-order valence-electron chi connectivity index (χ4n) is 2.90. The molecule has 0 aromatic heterocycles. The fraction of sp³-hybridized carbons (Fsp3) is 0.238. The van der Waals surface area contributed by atoms with E-state index in [4.69, 9.17) is 11.6 Å². The van der Waals surface area contributed by atoms with Gasteiger partial charge in [-0.1, -0.05) is 35.9 Å². The minimum absolute atomic E-state index is 0.0772. The van der Waals surface area contributed by atoms with Crippen LogP contribution in [0.25, 0.3) is 5.57 Å². The maximum Gasteiger partial charge on any atom is 0.272 e. The maximum absolute atomic E-state index is 13.2. The highest BCUT2D eigenvalue weighted by Gasteiger charge is 2.40. The van der Waals surface area contributed by atoms with Gasteiger partial charge in [0.05, 0.1) is 22.8 Å². The number of anilines is 1. The van der Waals surface area contributed by atoms with Crippen LogP contribution in [0.2, 0.25) is 5.02 Å². The van der Waals surface area contributed by atoms with Crippen molar-refractivity contribution in [1.29, 1.82) is 0 Å². The number of imide groups is 1. The van der Waals surface area contributed by atoms with Crippen LogP contribution in [0.1, 0.15) is 22.3 Å². The molecule has 0 radical (unpaired) electrons. The third-order valence-electron chi connectivity index (χ3n) is 4.59. The van der Waals surface area contributed by atoms with Gasteiger partial charge in [0.25, 0.3) is 11.8 Å². The largest absolute Gasteiger partial charge is 0.396 e. The Bertz CT molecular complexity index is 968. The van der Waals surface area contributed by atoms with E-state index >= 15 is 0 Å². The van der Waals surface area contributed by atoms with Crippen LogP contribution in [0, 0.1) is 20.8 Å². The SMILES string of the molecule is Cc1ccc(C2=C(SCCO)C(=O)N(c3ccc(C)c(Cl)c3)C2=O)cc1C. The van der Waals surface area contributed by atoms with Crippen molar-refractivity contribution in [3.05, 3.63) is 68.6 Å². The summed E-state index contributed by atoms with van der Waals surface area (Å²) in [6.45, 7) is 5.75. The first-order valence-corrected chi connectivity index (χ1v) is 9.92. The Morgan fingerprint density at radius 1 is 0.963 bits per heavy atom. The summed E-state index contributed by atoms with van der Waals surface area (Å²) < 4.78 is 0. The maximum atomic E-state index is 13.2. The van der Waals surface area contributed by atoms with E-state index in [2.05, 4.69) is 0 Å². The summed E-state index contributed by atoms with van der Waals surface area (Å²) in [5.74, 6) is -0.416. The van der Waals surface area contributed by atoms with Crippen LogP contribution in [0.15, 0.2) is 41.3 Å². The van der Waals surface area contributed by atoms with Crippen molar-refractivity contribution in [2.24, 2.45) is 0 Å². The molecule has 6 heteroatoms. The molecule has 0 fully saturated rings. The molecule has 0 saturated heterocycles. The summed E-state index contributed by atoms with van der Waals surface area (Å²) in [4.78, 5) is 27.8. The quantitative estimate of drug-likeness (QED) is 0.760. The molecular formula is C21H20ClNO3S. The molecule has 1 heterocycles. The summed E-state index contributed by atoms with van der Waals surface area (Å²) in [6.07, 6.45) is 0. The molecule has 2 amide bonds. The van der Waals surface area contributed by atoms with Gasteiger partial charge in [0.2, 0.25) is 0 Å². The van der Waals surface area contributed by atoms with Gasteiger partial charge in [0, 0.05) is 10.8 Å². The third-order valence-corrected chi connectivity index (χ3v) is 6.05. The van der Waals surface area contributed by atoms with Crippen LogP contribution < -0.4 is 4.90 Å². The number of hydrogen-bond donors (Lipinski definition) is 1. The van der Waals surface area contributed by atoms with E-state index in [1.165, 1.54) is 11.8 Å². The van der Waals surface area contributed by atoms with Crippen molar-refractivity contribution in [2.75, 3.05) is 17.3 Å². The van der Waals surface area contributed by atoms with Crippen molar-refractivity contribution < 1.29 is 14.7 Å². The zero-order valence-corrected chi connectivity index (χ0v) is 16.9. The van der Waals surface area contributed by atoms with Crippen LogP contribution in [-0.4, -0.2) is 29.3 Å². The van der Waals surface area contributed by atoms with Crippen molar-refractivity contribution in [1.82, 2.24) is 0 Å². The highest BCUT2D eigenvalue weighted by Crippen LogP contribution is 2.39. The monoisotopic (exact) mass is 401 g/mol. The van der Waals surface area contributed by atoms with E-state index in [1.54, 1.807) is 18.2 Å². The number of benzene rings is 2. The van der Waals surface area contributed by atoms with Crippen LogP contribution in [-0.2, 0) is 9.59 Å². The first-order chi connectivity index (χ1) is 12.8. The average molecular weight is 402 g/mol. The number of halogens is 1. The molecule has 0 bridgehead atoms. The first-order valence-electron chi connectivity index (χ1n) is 8.55. The second kappa shape index (κ2) is 7.89. The van der Waals surface area contributed by atoms with Crippen molar-refractivity contribution >= 4 is 46.4 Å². The summed E-state index contributed by atoms with van der Waals surface area (Å²) >= 11 is 7.40. The molecule has 2 aromatic carbocycles. The lowest BCUT2D eigenvalue weighted by Crippen LogP contribution is -2.31. The predicted octanol–water partition coefficient (Wildman–Crippen LogP) is 4.28. The molecule has 2 aromatic rings. The molecule has 1 aliphatic heterocycles. The molecule has 0 atom stereocenters. The number of nitrogens with zero attached hydrogens (tertiary/aromatic N) is 1. The van der Waals surface area contributed by atoms with E-state index in [0.29, 0.717) is 32.5 Å². The number of carbonyl (C=O) groups is 2. The van der Waals surface area contributed by atoms with Gasteiger partial charge in [0.15, 0.2) is 0 Å². The van der Waals surface area contributed by atoms with Crippen molar-refractivity contribution in [2.45, 2.75) is 20.8 Å². The number of aliphatic hydroxyl groups excluding tert-OH is 1. The molecule has 4 nitrogen and oxygen atoms in total. The number of hydrogen-bond acceptors (Lipinski definition) is 4. The van der Waals surface area contributed by atoms with Crippen LogP contribution in [0.3, 0.4) is 0 Å². The molecule has 3 rings (SSSR count). The molecule has 1 N–H and O–H groups in total. The zero-order chi connectivity index (χ0) is 19.7. The highest BCUT2D eigenvalue weighted by molar-refractivity contribution is 8.04. The molecule has 0 aliphatic carbocycles. The van der Waals surface area contributed by atoms with Crippen LogP contribution in [0.4, 0.5) is 5.69 Å². The van der Waals surface area contributed by atoms with Gasteiger partial charge < -0.3 is 5.11 Å². The summed E-state index contributed by atoms with van der Waals surface area (Å²) in [6, 6.07) is 10.8. The van der Waals surface area contributed by atoms with Gasteiger partial charge in [-0.15, -0.1) is 11.8 Å². The van der Waals surface area contributed by atoms with Crippen molar-refractivity contribution in [3.63, 3.8) is 0 Å². The Morgan fingerprint density at radius 2 is 1.67 bits per heavy atom. The van der Waals surface area contributed by atoms with E-state index in [0.717, 1.165) is 21.6 Å². The average Bonchev–Trinajstić information content (AvgIpc) is 2.88. The number of aryl methyl sites for hydroxylation is 3. The van der Waals surface area contributed by atoms with Gasteiger partial charge in [-0.05, 0) is 55.2 Å². The number of carbonyl (C=O) groups excluding carboxylic acids is 2. The molecule has 140 valence electrons. The topological polar surface area (TPSA) is 57.6 Å². The number of aliphatic hydroxyl groups is 1. The Balaban J connectivity index is 2.10. The van der Waals surface area contributed by atoms with Gasteiger partial charge in [-0.3, -0.25) is 9.59 Å². The Kier molecular flexibility index (Phi) is 5.75. The molecule has 0 unspecified atom stereocenters. The van der Waals surface area contributed by atoms with Crippen LogP contribution >= 0.6 is 23.4 Å². The molecule has 1 aliphatic rings. The van der Waals surface area contributed by atoms with Gasteiger partial charge in [-0.2, -0.15) is 0 Å². The lowest BCUT2D eigenvalue weighted by molar-refractivity contribution is -0.119. The third kappa shape index (κ3) is 3.68. The van der Waals surface area contributed by atoms with E-state index < -0.39 is 0 Å². The Labute approximate surface area is 167 Å². The van der Waals surface area contributed by atoms with Crippen LogP contribution in [0.5, 0.6) is 0 Å². The normalized spacial score (nSPS) is 14.5. The minimum atomic E-state index is -0.383. The van der Waals surface area contributed by atoms with Gasteiger partial charge >= 0.3 is 0 Å². The number of amides is 2. The second-order valence-corrected chi connectivity index (χ2v) is 7.97. The standard InChI is InChI=1S/C21H20ClNO3S/c1-12-4-6-15(10-14(12)3)18-19(27-9-8-24)21(26)23(20(18)25)16-7-5-13(2)17(22)11-16/h4-7,10-11,24H,8-9H2,1-3H3. The smallest absolute Gasteiger partial charge is 0.272 e. The lowest BCUT2D eigenvalue weighted by atomic mass is 10.0. The Hall–Kier alpha value is -2.08. The fourth-order valence-corrected chi connectivity index (χ4v) is 3.93. The molecule has 0 saturated carbocycles. The summed E-state index contributed by atoms with van der Waals surface area (Å²) in [5.41, 5.74) is 4.56. The first kappa shape index (κ1) is 19.7. The summed E-state index contributed by atoms with van der Waals surface area (Å²) in [7, 11) is 0. The van der Waals surface area contributed by atoms with Gasteiger partial charge in [-0.25, -0.2) is 4.90 Å². The highest BCUT2D eigenvalue weighted by atomic mass is 35.5. The molecule has 0 spiro atoms.